The van der Waals surface area contributed by atoms with Gasteiger partial charge in [-0.3, -0.25) is 0 Å². The number of ether oxygens (including phenoxy) is 6. The Balaban J connectivity index is 1.18. The van der Waals surface area contributed by atoms with E-state index in [0.29, 0.717) is 36.8 Å². The van der Waals surface area contributed by atoms with Crippen molar-refractivity contribution in [3.63, 3.8) is 0 Å². The van der Waals surface area contributed by atoms with Crippen LogP contribution in [-0.4, -0.2) is 152 Å². The van der Waals surface area contributed by atoms with E-state index < -0.39 is 138 Å². The van der Waals surface area contributed by atoms with E-state index in [1.165, 1.54) is 0 Å². The van der Waals surface area contributed by atoms with Gasteiger partial charge in [-0.25, -0.2) is 14.4 Å². The highest BCUT2D eigenvalue weighted by Crippen LogP contribution is 2.76. The molecule has 4 saturated carbocycles. The SMILES string of the molecule is C/C=C(/C)C(=O)O[C@H]1[C@H](OC(=O)/C(C)=C\C)[C@]2(CO)[C@H](O)C[C@]3(C)C(=CC[C@@H]4[C@@]5(C)CC[C@H](O[C@@H]6O[C@H](C(=O)O)[C@@H](O)[C@H](O[C@@H]7OC[C@H](O)[C@H](O)[C@H]7O)[C@H]6O)C(C)(C)[C@@H]5CC[C@]43C)[C@@H]2CC1(C)C. The molecule has 5 aliphatic carbocycles. The summed E-state index contributed by atoms with van der Waals surface area (Å²) in [5.74, 6) is -2.96. The Morgan fingerprint density at radius 1 is 0.765 bits per heavy atom. The summed E-state index contributed by atoms with van der Waals surface area (Å²) in [6, 6.07) is 0. The maximum Gasteiger partial charge on any atom is 0.335 e. The summed E-state index contributed by atoms with van der Waals surface area (Å²) in [6.45, 7) is 20.9. The number of carbonyl (C=O) groups is 3. The van der Waals surface area contributed by atoms with Gasteiger partial charge in [0.1, 0.15) is 42.7 Å². The summed E-state index contributed by atoms with van der Waals surface area (Å²) in [5.41, 5.74) is -2.05. The van der Waals surface area contributed by atoms with Crippen LogP contribution in [0.15, 0.2) is 34.9 Å². The molecule has 0 amide bonds. The van der Waals surface area contributed by atoms with Crippen LogP contribution in [0, 0.1) is 50.2 Å². The number of esters is 2. The fourth-order valence-corrected chi connectivity index (χ4v) is 14.6. The maximum atomic E-state index is 13.7. The topological polar surface area (TPSA) is 268 Å². The van der Waals surface area contributed by atoms with Crippen LogP contribution in [-0.2, 0) is 42.8 Å². The molecule has 8 N–H and O–H groups in total. The Morgan fingerprint density at radius 3 is 1.97 bits per heavy atom. The molecule has 384 valence electrons. The van der Waals surface area contributed by atoms with Gasteiger partial charge in [0.2, 0.25) is 0 Å². The molecule has 7 aliphatic rings. The smallest absolute Gasteiger partial charge is 0.335 e. The maximum absolute atomic E-state index is 13.7. The number of hydrogen-bond acceptors (Lipinski definition) is 16. The Bertz CT molecular complexity index is 2030. The number of hydrogen-bond donors (Lipinski definition) is 8. The van der Waals surface area contributed by atoms with Gasteiger partial charge >= 0.3 is 17.9 Å². The van der Waals surface area contributed by atoms with Crippen LogP contribution in [0.3, 0.4) is 0 Å². The van der Waals surface area contributed by atoms with E-state index in [1.54, 1.807) is 39.8 Å². The lowest BCUT2D eigenvalue weighted by molar-refractivity contribution is -0.357. The molecule has 0 unspecified atom stereocenters. The minimum atomic E-state index is -1.92. The summed E-state index contributed by atoms with van der Waals surface area (Å²) in [6.07, 6.45) is -9.33. The second-order valence-corrected chi connectivity index (χ2v) is 23.2. The van der Waals surface area contributed by atoms with Gasteiger partial charge in [0, 0.05) is 16.6 Å². The quantitative estimate of drug-likeness (QED) is 0.0674. The number of aliphatic hydroxyl groups excluding tert-OH is 7. The fraction of sp³-hybridized carbons (Fsp3) is 0.824. The van der Waals surface area contributed by atoms with Crippen LogP contribution >= 0.6 is 0 Å². The Morgan fingerprint density at radius 2 is 1.38 bits per heavy atom. The van der Waals surface area contributed by atoms with Crippen molar-refractivity contribution in [2.75, 3.05) is 13.2 Å². The summed E-state index contributed by atoms with van der Waals surface area (Å²) in [5, 5.41) is 88.0. The second kappa shape index (κ2) is 18.7. The molecule has 7 rings (SSSR count). The molecule has 0 spiro atoms. The zero-order valence-corrected chi connectivity index (χ0v) is 41.6. The van der Waals surface area contributed by atoms with Gasteiger partial charge in [-0.2, -0.15) is 0 Å². The molecule has 0 aromatic carbocycles. The predicted octanol–water partition coefficient (Wildman–Crippen LogP) is 3.47. The normalized spacial score (nSPS) is 47.8. The number of carbonyl (C=O) groups excluding carboxylic acids is 2. The van der Waals surface area contributed by atoms with Crippen LogP contribution in [0.1, 0.15) is 121 Å². The number of allylic oxidation sites excluding steroid dienone is 4. The zero-order valence-electron chi connectivity index (χ0n) is 41.6. The first-order chi connectivity index (χ1) is 31.6. The van der Waals surface area contributed by atoms with E-state index >= 15 is 0 Å². The summed E-state index contributed by atoms with van der Waals surface area (Å²) < 4.78 is 36.1. The number of rotatable bonds is 10. The number of fused-ring (bicyclic) bond motifs is 7. The van der Waals surface area contributed by atoms with Gasteiger partial charge in [0.25, 0.3) is 0 Å². The lowest BCUT2D eigenvalue weighted by atomic mass is 9.33. The van der Waals surface area contributed by atoms with Crippen molar-refractivity contribution in [2.45, 2.75) is 201 Å². The molecule has 68 heavy (non-hydrogen) atoms. The molecular formula is C51H78O17. The fourth-order valence-electron chi connectivity index (χ4n) is 14.6. The first-order valence-corrected chi connectivity index (χ1v) is 24.5. The average molecular weight is 963 g/mol. The van der Waals surface area contributed by atoms with Gasteiger partial charge in [-0.15, -0.1) is 0 Å². The van der Waals surface area contributed by atoms with E-state index in [9.17, 15) is 55.2 Å². The highest BCUT2D eigenvalue weighted by molar-refractivity contribution is 5.89. The third-order valence-electron chi connectivity index (χ3n) is 19.1. The number of aliphatic hydroxyl groups is 7. The standard InChI is InChI=1S/C51H78O17/c1-12-24(3)42(61)67-39-40(68-43(62)25(4)13-2)51(23-52)27(20-46(39,5)6)26-14-15-30-48(9)18-17-32(47(7,8)29(48)16-19-49(30,10)50(26,11)21-31(51)54)64-45-36(58)37(35(57)38(66-45)41(59)60)65-44-34(56)33(55)28(53)22-63-44/h12-14,27-40,44-45,52-58H,15-23H2,1-11H3,(H,59,60)/b24-12-,25-13-/t27-,28-,29-,30+,31+,32-,33-,34+,35-,36+,37-,38-,39-,40-,44-,45+,48-,49+,50+,51-/m0/s1. The highest BCUT2D eigenvalue weighted by Gasteiger charge is 2.74. The second-order valence-electron chi connectivity index (χ2n) is 23.2. The molecule has 2 heterocycles. The molecule has 0 radical (unpaired) electrons. The minimum Gasteiger partial charge on any atom is -0.479 e. The molecule has 6 fully saturated rings. The third kappa shape index (κ3) is 8.15. The third-order valence-corrected chi connectivity index (χ3v) is 19.1. The van der Waals surface area contributed by atoms with Crippen molar-refractivity contribution in [3.8, 4) is 0 Å². The lowest BCUT2D eigenvalue weighted by Crippen LogP contribution is -2.72. The van der Waals surface area contributed by atoms with Crippen molar-refractivity contribution >= 4 is 17.9 Å². The van der Waals surface area contributed by atoms with Crippen molar-refractivity contribution in [3.05, 3.63) is 34.9 Å². The molecule has 17 nitrogen and oxygen atoms in total. The van der Waals surface area contributed by atoms with Crippen LogP contribution in [0.25, 0.3) is 0 Å². The van der Waals surface area contributed by atoms with Crippen LogP contribution < -0.4 is 0 Å². The van der Waals surface area contributed by atoms with Gasteiger partial charge in [0.05, 0.1) is 30.8 Å². The molecule has 17 heteroatoms. The lowest BCUT2D eigenvalue weighted by Gasteiger charge is -2.72. The van der Waals surface area contributed by atoms with Crippen LogP contribution in [0.2, 0.25) is 0 Å². The summed E-state index contributed by atoms with van der Waals surface area (Å²) in [7, 11) is 0. The van der Waals surface area contributed by atoms with Crippen molar-refractivity contribution in [1.29, 1.82) is 0 Å². The summed E-state index contributed by atoms with van der Waals surface area (Å²) in [4.78, 5) is 39.6. The molecule has 0 aromatic heterocycles. The Kier molecular flexibility index (Phi) is 14.5. The van der Waals surface area contributed by atoms with Crippen molar-refractivity contribution < 1.29 is 83.7 Å². The molecule has 2 aliphatic heterocycles. The van der Waals surface area contributed by atoms with E-state index in [1.807, 2.05) is 13.8 Å². The van der Waals surface area contributed by atoms with Gasteiger partial charge in [0.15, 0.2) is 24.8 Å². The van der Waals surface area contributed by atoms with Crippen molar-refractivity contribution in [2.24, 2.45) is 50.2 Å². The van der Waals surface area contributed by atoms with Gasteiger partial charge in [-0.1, -0.05) is 72.3 Å². The van der Waals surface area contributed by atoms with E-state index in [4.69, 9.17) is 28.4 Å². The number of carboxylic acids is 1. The van der Waals surface area contributed by atoms with Gasteiger partial charge in [-0.05, 0) is 112 Å². The van der Waals surface area contributed by atoms with E-state index in [2.05, 4.69) is 40.7 Å². The van der Waals surface area contributed by atoms with E-state index in [0.717, 1.165) is 18.4 Å². The average Bonchev–Trinajstić information content (AvgIpc) is 3.27. The summed E-state index contributed by atoms with van der Waals surface area (Å²) >= 11 is 0. The van der Waals surface area contributed by atoms with Crippen LogP contribution in [0.5, 0.6) is 0 Å². The molecule has 0 aromatic rings. The first kappa shape index (κ1) is 53.0. The van der Waals surface area contributed by atoms with Gasteiger partial charge < -0.3 is 69.3 Å². The Hall–Kier alpha value is -2.81. The molecule has 20 atom stereocenters. The molecular weight excluding hydrogens is 885 g/mol. The molecule has 2 saturated heterocycles. The minimum absolute atomic E-state index is 0.0612. The highest BCUT2D eigenvalue weighted by atomic mass is 16.7. The number of aliphatic carboxylic acids is 1. The predicted molar refractivity (Wildman–Crippen MR) is 243 cm³/mol. The van der Waals surface area contributed by atoms with Crippen LogP contribution in [0.4, 0.5) is 0 Å². The zero-order chi connectivity index (χ0) is 50.4. The molecule has 0 bridgehead atoms. The first-order valence-electron chi connectivity index (χ1n) is 24.5. The van der Waals surface area contributed by atoms with Crippen molar-refractivity contribution in [1.82, 2.24) is 0 Å². The number of carboxylic acid groups (broad SMARTS) is 1. The monoisotopic (exact) mass is 963 g/mol. The Labute approximate surface area is 399 Å². The van der Waals surface area contributed by atoms with E-state index in [-0.39, 0.29) is 29.1 Å². The largest absolute Gasteiger partial charge is 0.479 e.